The van der Waals surface area contributed by atoms with Crippen molar-refractivity contribution < 1.29 is 31.6 Å². The molecule has 1 saturated heterocycles. The molecule has 34 heavy (non-hydrogen) atoms. The van der Waals surface area contributed by atoms with Crippen molar-refractivity contribution in [3.63, 3.8) is 0 Å². The van der Waals surface area contributed by atoms with E-state index >= 15 is 0 Å². The maximum Gasteiger partial charge on any atom is 0.270 e. The molecule has 1 fully saturated rings. The summed E-state index contributed by atoms with van der Waals surface area (Å²) < 4.78 is 61.4. The summed E-state index contributed by atoms with van der Waals surface area (Å²) in [6.07, 6.45) is 1.83. The van der Waals surface area contributed by atoms with Crippen LogP contribution in [-0.2, 0) is 11.2 Å². The second-order valence-corrected chi connectivity index (χ2v) is 8.18. The standard InChI is InChI=1S/C22H21F4N5O3/c1-13(30-7-4-22(25,26)18(12-30)15-2-5-31(33)6-3-15)20(32)28-21-27-19(34-29-21)10-14-8-16(23)11-17(24)9-14/h2-3,5-6,8-9,11,13,18H,4,7,10,12H2,1H3,(H,28,29,32)/t13-,18-/m1/s1. The Hall–Kier alpha value is -3.54. The van der Waals surface area contributed by atoms with E-state index in [1.165, 1.54) is 12.1 Å². The number of piperidine rings is 1. The normalized spacial score (nSPS) is 19.0. The Kier molecular flexibility index (Phi) is 6.51. The van der Waals surface area contributed by atoms with Crippen molar-refractivity contribution in [3.8, 4) is 0 Å². The van der Waals surface area contributed by atoms with Gasteiger partial charge < -0.3 is 9.73 Å². The minimum absolute atomic E-state index is 0.00486. The predicted molar refractivity (Wildman–Crippen MR) is 111 cm³/mol. The van der Waals surface area contributed by atoms with Crippen molar-refractivity contribution in [2.24, 2.45) is 0 Å². The van der Waals surface area contributed by atoms with Gasteiger partial charge in [-0.1, -0.05) is 0 Å². The molecule has 3 heterocycles. The van der Waals surface area contributed by atoms with Crippen LogP contribution in [0.4, 0.5) is 23.5 Å². The van der Waals surface area contributed by atoms with Gasteiger partial charge in [0.15, 0.2) is 12.4 Å². The van der Waals surface area contributed by atoms with Gasteiger partial charge in [-0.3, -0.25) is 15.0 Å². The van der Waals surface area contributed by atoms with Crippen LogP contribution in [-0.4, -0.2) is 46.0 Å². The Labute approximate surface area is 191 Å². The number of aromatic nitrogens is 3. The van der Waals surface area contributed by atoms with E-state index in [2.05, 4.69) is 15.5 Å². The Bertz CT molecular complexity index is 1150. The molecular formula is C22H21F4N5O3. The fourth-order valence-corrected chi connectivity index (χ4v) is 3.93. The fourth-order valence-electron chi connectivity index (χ4n) is 3.93. The van der Waals surface area contributed by atoms with Gasteiger partial charge in [-0.25, -0.2) is 17.6 Å². The van der Waals surface area contributed by atoms with Crippen molar-refractivity contribution in [1.29, 1.82) is 0 Å². The molecule has 2 atom stereocenters. The second kappa shape index (κ2) is 9.37. The molecule has 4 rings (SSSR count). The summed E-state index contributed by atoms with van der Waals surface area (Å²) in [5.41, 5.74) is 0.585. The number of nitrogens with zero attached hydrogens (tertiary/aromatic N) is 4. The fraction of sp³-hybridized carbons (Fsp3) is 0.364. The maximum absolute atomic E-state index is 14.6. The SMILES string of the molecule is C[C@H](C(=O)Nc1noc(Cc2cc(F)cc(F)c2)n1)N1CCC(F)(F)[C@@H](c2cc[n+]([O-])cc2)C1. The monoisotopic (exact) mass is 479 g/mol. The Morgan fingerprint density at radius 1 is 1.29 bits per heavy atom. The summed E-state index contributed by atoms with van der Waals surface area (Å²) in [7, 11) is 0. The van der Waals surface area contributed by atoms with Crippen LogP contribution in [0.5, 0.6) is 0 Å². The van der Waals surface area contributed by atoms with Gasteiger partial charge in [0.05, 0.1) is 18.4 Å². The first kappa shape index (κ1) is 23.6. The van der Waals surface area contributed by atoms with Crippen LogP contribution < -0.4 is 10.0 Å². The molecule has 2 aromatic heterocycles. The molecule has 0 saturated carbocycles. The van der Waals surface area contributed by atoms with Crippen LogP contribution in [0.15, 0.2) is 47.2 Å². The number of pyridine rings is 1. The van der Waals surface area contributed by atoms with E-state index in [4.69, 9.17) is 4.52 Å². The lowest BCUT2D eigenvalue weighted by Gasteiger charge is -2.40. The third-order valence-electron chi connectivity index (χ3n) is 5.80. The van der Waals surface area contributed by atoms with Crippen LogP contribution in [0.3, 0.4) is 0 Å². The lowest BCUT2D eigenvalue weighted by Crippen LogP contribution is -2.52. The van der Waals surface area contributed by atoms with Gasteiger partial charge in [0.2, 0.25) is 11.8 Å². The van der Waals surface area contributed by atoms with Crippen molar-refractivity contribution in [1.82, 2.24) is 15.0 Å². The molecule has 0 bridgehead atoms. The summed E-state index contributed by atoms with van der Waals surface area (Å²) in [5.74, 6) is -6.30. The van der Waals surface area contributed by atoms with Gasteiger partial charge in [0.25, 0.3) is 11.9 Å². The van der Waals surface area contributed by atoms with E-state index < -0.39 is 41.8 Å². The number of alkyl halides is 2. The number of benzene rings is 1. The largest absolute Gasteiger partial charge is 0.619 e. The first-order valence-corrected chi connectivity index (χ1v) is 10.5. The van der Waals surface area contributed by atoms with Crippen LogP contribution in [0, 0.1) is 16.8 Å². The minimum atomic E-state index is -2.99. The lowest BCUT2D eigenvalue weighted by atomic mass is 9.87. The highest BCUT2D eigenvalue weighted by Gasteiger charge is 2.46. The van der Waals surface area contributed by atoms with Crippen molar-refractivity contribution in [2.75, 3.05) is 18.4 Å². The predicted octanol–water partition coefficient (Wildman–Crippen LogP) is 3.02. The molecule has 12 heteroatoms. The Morgan fingerprint density at radius 2 is 1.97 bits per heavy atom. The number of nitrogens with one attached hydrogen (secondary N) is 1. The second-order valence-electron chi connectivity index (χ2n) is 8.18. The summed E-state index contributed by atoms with van der Waals surface area (Å²) in [5, 5.41) is 17.4. The highest BCUT2D eigenvalue weighted by atomic mass is 19.3. The quantitative estimate of drug-likeness (QED) is 0.332. The molecule has 1 aliphatic heterocycles. The van der Waals surface area contributed by atoms with Crippen LogP contribution in [0.25, 0.3) is 0 Å². The molecule has 1 aromatic carbocycles. The average molecular weight is 479 g/mol. The third-order valence-corrected chi connectivity index (χ3v) is 5.80. The van der Waals surface area contributed by atoms with Crippen LogP contribution in [0.2, 0.25) is 0 Å². The van der Waals surface area contributed by atoms with E-state index in [0.717, 1.165) is 30.6 Å². The first-order chi connectivity index (χ1) is 16.1. The van der Waals surface area contributed by atoms with Gasteiger partial charge in [0, 0.05) is 37.7 Å². The first-order valence-electron chi connectivity index (χ1n) is 10.5. The van der Waals surface area contributed by atoms with E-state index in [1.807, 2.05) is 0 Å². The Morgan fingerprint density at radius 3 is 2.65 bits per heavy atom. The van der Waals surface area contributed by atoms with Gasteiger partial charge in [0.1, 0.15) is 11.6 Å². The molecule has 0 spiro atoms. The van der Waals surface area contributed by atoms with Gasteiger partial charge in [-0.2, -0.15) is 9.71 Å². The number of halogens is 4. The number of carbonyl (C=O) groups is 1. The molecule has 0 radical (unpaired) electrons. The molecule has 3 aromatic rings. The minimum Gasteiger partial charge on any atom is -0.619 e. The van der Waals surface area contributed by atoms with Gasteiger partial charge in [-0.15, -0.1) is 0 Å². The topological polar surface area (TPSA) is 98.2 Å². The molecule has 0 unspecified atom stereocenters. The molecule has 0 aliphatic carbocycles. The number of likely N-dealkylation sites (tertiary alicyclic amines) is 1. The average Bonchev–Trinajstić information content (AvgIpc) is 3.19. The molecule has 1 N–H and O–H groups in total. The summed E-state index contributed by atoms with van der Waals surface area (Å²) in [4.78, 5) is 18.3. The third kappa shape index (κ3) is 5.33. The van der Waals surface area contributed by atoms with Gasteiger partial charge >= 0.3 is 0 Å². The molecule has 8 nitrogen and oxygen atoms in total. The molecule has 1 aliphatic rings. The number of anilines is 1. The Balaban J connectivity index is 1.40. The van der Waals surface area contributed by atoms with Crippen molar-refractivity contribution >= 4 is 11.9 Å². The number of carbonyl (C=O) groups excluding carboxylic acids is 1. The number of rotatable bonds is 6. The summed E-state index contributed by atoms with van der Waals surface area (Å²) in [6, 6.07) is 4.91. The van der Waals surface area contributed by atoms with Crippen molar-refractivity contribution in [3.05, 3.63) is 76.6 Å². The van der Waals surface area contributed by atoms with Crippen LogP contribution in [0.1, 0.15) is 36.3 Å². The smallest absolute Gasteiger partial charge is 0.270 e. The van der Waals surface area contributed by atoms with E-state index in [-0.39, 0.29) is 36.9 Å². The summed E-state index contributed by atoms with van der Waals surface area (Å²) in [6.45, 7) is 1.48. The molecular weight excluding hydrogens is 458 g/mol. The number of hydrogen-bond acceptors (Lipinski definition) is 6. The van der Waals surface area contributed by atoms with E-state index in [9.17, 15) is 27.6 Å². The highest BCUT2D eigenvalue weighted by molar-refractivity contribution is 5.93. The van der Waals surface area contributed by atoms with Crippen molar-refractivity contribution in [2.45, 2.75) is 37.6 Å². The molecule has 180 valence electrons. The van der Waals surface area contributed by atoms with E-state index in [1.54, 1.807) is 11.8 Å². The zero-order valence-electron chi connectivity index (χ0n) is 18.1. The zero-order chi connectivity index (χ0) is 24.5. The summed E-state index contributed by atoms with van der Waals surface area (Å²) >= 11 is 0. The van der Waals surface area contributed by atoms with E-state index in [0.29, 0.717) is 10.3 Å². The lowest BCUT2D eigenvalue weighted by molar-refractivity contribution is -0.605. The van der Waals surface area contributed by atoms with Crippen LogP contribution >= 0.6 is 0 Å². The highest BCUT2D eigenvalue weighted by Crippen LogP contribution is 2.40. The number of amides is 1. The van der Waals surface area contributed by atoms with Gasteiger partial charge in [-0.05, 0) is 35.3 Å². The molecule has 1 amide bonds. The zero-order valence-corrected chi connectivity index (χ0v) is 18.1. The maximum atomic E-state index is 14.6. The number of hydrogen-bond donors (Lipinski definition) is 1.